The molecular weight excluding hydrogens is 416 g/mol. The Morgan fingerprint density at radius 2 is 1.74 bits per heavy atom. The van der Waals surface area contributed by atoms with Crippen molar-refractivity contribution >= 4 is 12.0 Å². The standard InChI is InChI=1S/C22H20F4N2O3/c23-16-6-3-7-17(24)19(16)13-5-2-1-4-12(13)14-10-15(14)20(29)28-9-8-22(25,26)18(11-28)27-21(30)31/h1-7,14-15,18,27H,8-11H2,(H,30,31)/t14-,15+,18+/m0/s1. The maximum absolute atomic E-state index is 14.3. The Bertz CT molecular complexity index is 1010. The van der Waals surface area contributed by atoms with Crippen molar-refractivity contribution in [2.75, 3.05) is 13.1 Å². The van der Waals surface area contributed by atoms with Crippen molar-refractivity contribution in [3.05, 3.63) is 59.7 Å². The lowest BCUT2D eigenvalue weighted by molar-refractivity contribution is -0.141. The van der Waals surface area contributed by atoms with Crippen molar-refractivity contribution in [1.82, 2.24) is 10.2 Å². The van der Waals surface area contributed by atoms with Crippen molar-refractivity contribution in [2.45, 2.75) is 30.7 Å². The third-order valence-corrected chi connectivity index (χ3v) is 5.94. The summed E-state index contributed by atoms with van der Waals surface area (Å²) in [7, 11) is 0. The lowest BCUT2D eigenvalue weighted by Crippen LogP contribution is -2.59. The molecule has 5 nitrogen and oxygen atoms in total. The monoisotopic (exact) mass is 436 g/mol. The summed E-state index contributed by atoms with van der Waals surface area (Å²) in [6.45, 7) is -0.610. The minimum Gasteiger partial charge on any atom is -0.465 e. The van der Waals surface area contributed by atoms with E-state index in [0.29, 0.717) is 17.5 Å². The number of piperidine rings is 1. The van der Waals surface area contributed by atoms with E-state index in [9.17, 15) is 27.2 Å². The van der Waals surface area contributed by atoms with Gasteiger partial charge in [0.25, 0.3) is 5.92 Å². The van der Waals surface area contributed by atoms with Crippen LogP contribution in [0.25, 0.3) is 11.1 Å². The number of likely N-dealkylation sites (tertiary alicyclic amines) is 1. The van der Waals surface area contributed by atoms with Crippen LogP contribution in [-0.2, 0) is 4.79 Å². The van der Waals surface area contributed by atoms with Crippen LogP contribution in [-0.4, -0.2) is 47.1 Å². The van der Waals surface area contributed by atoms with E-state index in [-0.39, 0.29) is 23.9 Å². The maximum Gasteiger partial charge on any atom is 0.405 e. The first-order chi connectivity index (χ1) is 14.7. The van der Waals surface area contributed by atoms with E-state index in [2.05, 4.69) is 0 Å². The molecule has 1 saturated carbocycles. The first-order valence-electron chi connectivity index (χ1n) is 9.88. The van der Waals surface area contributed by atoms with Crippen LogP contribution in [0.15, 0.2) is 42.5 Å². The highest BCUT2D eigenvalue weighted by Crippen LogP contribution is 2.52. The van der Waals surface area contributed by atoms with Gasteiger partial charge in [0.2, 0.25) is 5.91 Å². The molecule has 2 amide bonds. The van der Waals surface area contributed by atoms with Crippen LogP contribution in [0.2, 0.25) is 0 Å². The summed E-state index contributed by atoms with van der Waals surface area (Å²) < 4.78 is 56.7. The van der Waals surface area contributed by atoms with Gasteiger partial charge < -0.3 is 15.3 Å². The Morgan fingerprint density at radius 3 is 2.42 bits per heavy atom. The fourth-order valence-electron chi connectivity index (χ4n) is 4.25. The van der Waals surface area contributed by atoms with E-state index in [1.807, 2.05) is 0 Å². The zero-order valence-corrected chi connectivity index (χ0v) is 16.3. The molecule has 0 unspecified atom stereocenters. The quantitative estimate of drug-likeness (QED) is 0.705. The number of carbonyl (C=O) groups is 2. The molecular formula is C22H20F4N2O3. The van der Waals surface area contributed by atoms with Gasteiger partial charge in [0.15, 0.2) is 0 Å². The number of hydrogen-bond acceptors (Lipinski definition) is 2. The second kappa shape index (κ2) is 7.86. The summed E-state index contributed by atoms with van der Waals surface area (Å²) in [6, 6.07) is 8.57. The number of nitrogens with one attached hydrogen (secondary N) is 1. The number of amides is 2. The average Bonchev–Trinajstić information content (AvgIpc) is 3.50. The number of alkyl halides is 2. The smallest absolute Gasteiger partial charge is 0.405 e. The van der Waals surface area contributed by atoms with Crippen molar-refractivity contribution in [3.63, 3.8) is 0 Å². The molecule has 0 bridgehead atoms. The molecule has 2 aromatic carbocycles. The number of carboxylic acid groups (broad SMARTS) is 1. The van der Waals surface area contributed by atoms with Crippen molar-refractivity contribution in [2.24, 2.45) is 5.92 Å². The normalized spacial score (nSPS) is 24.5. The Balaban J connectivity index is 1.54. The van der Waals surface area contributed by atoms with Gasteiger partial charge in [0, 0.05) is 25.4 Å². The molecule has 3 atom stereocenters. The van der Waals surface area contributed by atoms with Gasteiger partial charge in [-0.05, 0) is 35.6 Å². The van der Waals surface area contributed by atoms with Crippen LogP contribution < -0.4 is 5.32 Å². The van der Waals surface area contributed by atoms with Gasteiger partial charge in [-0.25, -0.2) is 22.4 Å². The van der Waals surface area contributed by atoms with Gasteiger partial charge in [-0.2, -0.15) is 0 Å². The summed E-state index contributed by atoms with van der Waals surface area (Å²) in [5.41, 5.74) is 0.806. The number of carbonyl (C=O) groups excluding carboxylic acids is 1. The van der Waals surface area contributed by atoms with Crippen LogP contribution in [0, 0.1) is 17.6 Å². The molecule has 2 aliphatic rings. The molecule has 1 aliphatic carbocycles. The summed E-state index contributed by atoms with van der Waals surface area (Å²) in [6.07, 6.45) is -1.79. The molecule has 0 radical (unpaired) electrons. The number of halogens is 4. The largest absolute Gasteiger partial charge is 0.465 e. The van der Waals surface area contributed by atoms with Gasteiger partial charge in [-0.1, -0.05) is 30.3 Å². The molecule has 4 rings (SSSR count). The molecule has 9 heteroatoms. The van der Waals surface area contributed by atoms with E-state index in [4.69, 9.17) is 5.11 Å². The Kier molecular flexibility index (Phi) is 5.36. The van der Waals surface area contributed by atoms with Crippen LogP contribution in [0.5, 0.6) is 0 Å². The highest BCUT2D eigenvalue weighted by Gasteiger charge is 2.51. The van der Waals surface area contributed by atoms with Gasteiger partial charge >= 0.3 is 6.09 Å². The maximum atomic E-state index is 14.3. The minimum absolute atomic E-state index is 0.167. The molecule has 31 heavy (non-hydrogen) atoms. The highest BCUT2D eigenvalue weighted by atomic mass is 19.3. The molecule has 0 aromatic heterocycles. The molecule has 2 fully saturated rings. The average molecular weight is 436 g/mol. The van der Waals surface area contributed by atoms with Crippen LogP contribution in [0.1, 0.15) is 24.3 Å². The van der Waals surface area contributed by atoms with E-state index < -0.39 is 48.6 Å². The van der Waals surface area contributed by atoms with Gasteiger partial charge in [0.05, 0.1) is 5.56 Å². The predicted molar refractivity (Wildman–Crippen MR) is 104 cm³/mol. The molecule has 2 aromatic rings. The SMILES string of the molecule is O=C(O)N[C@@H]1CN(C(=O)[C@@H]2C[C@H]2c2ccccc2-c2c(F)cccc2F)CCC1(F)F. The molecule has 0 spiro atoms. The minimum atomic E-state index is -3.24. The number of rotatable bonds is 4. The van der Waals surface area contributed by atoms with Crippen LogP contribution in [0.4, 0.5) is 22.4 Å². The zero-order chi connectivity index (χ0) is 22.3. The fourth-order valence-corrected chi connectivity index (χ4v) is 4.25. The summed E-state index contributed by atoms with van der Waals surface area (Å²) in [5, 5.41) is 10.6. The van der Waals surface area contributed by atoms with Gasteiger partial charge in [0.1, 0.15) is 17.7 Å². The number of benzene rings is 2. The molecule has 164 valence electrons. The molecule has 1 heterocycles. The van der Waals surface area contributed by atoms with Crippen molar-refractivity contribution < 1.29 is 32.3 Å². The first-order valence-corrected chi connectivity index (χ1v) is 9.88. The van der Waals surface area contributed by atoms with E-state index in [0.717, 1.165) is 12.1 Å². The molecule has 1 saturated heterocycles. The highest BCUT2D eigenvalue weighted by molar-refractivity contribution is 5.84. The summed E-state index contributed by atoms with van der Waals surface area (Å²) >= 11 is 0. The van der Waals surface area contributed by atoms with Gasteiger partial charge in [-0.3, -0.25) is 4.79 Å². The van der Waals surface area contributed by atoms with Gasteiger partial charge in [-0.15, -0.1) is 0 Å². The third-order valence-electron chi connectivity index (χ3n) is 5.94. The van der Waals surface area contributed by atoms with Crippen molar-refractivity contribution in [3.8, 4) is 11.1 Å². The van der Waals surface area contributed by atoms with E-state index in [1.165, 1.54) is 11.0 Å². The molecule has 2 N–H and O–H groups in total. The van der Waals surface area contributed by atoms with Crippen molar-refractivity contribution in [1.29, 1.82) is 0 Å². The Morgan fingerprint density at radius 1 is 1.06 bits per heavy atom. The predicted octanol–water partition coefficient (Wildman–Crippen LogP) is 4.24. The Labute approximate surface area is 175 Å². The van der Waals surface area contributed by atoms with Crippen LogP contribution in [0.3, 0.4) is 0 Å². The second-order valence-electron chi connectivity index (χ2n) is 7.93. The van der Waals surface area contributed by atoms with E-state index >= 15 is 0 Å². The number of hydrogen-bond donors (Lipinski definition) is 2. The van der Waals surface area contributed by atoms with E-state index in [1.54, 1.807) is 29.6 Å². The Hall–Kier alpha value is -3.10. The zero-order valence-electron chi connectivity index (χ0n) is 16.3. The number of nitrogens with zero attached hydrogens (tertiary/aromatic N) is 1. The van der Waals surface area contributed by atoms with Crippen LogP contribution >= 0.6 is 0 Å². The molecule has 1 aliphatic heterocycles. The summed E-state index contributed by atoms with van der Waals surface area (Å²) in [4.78, 5) is 25.0. The lowest BCUT2D eigenvalue weighted by atomic mass is 9.94. The fraction of sp³-hybridized carbons (Fsp3) is 0.364. The summed E-state index contributed by atoms with van der Waals surface area (Å²) in [5.74, 6) is -5.83. The second-order valence-corrected chi connectivity index (χ2v) is 7.93. The first kappa shape index (κ1) is 21.1. The lowest BCUT2D eigenvalue weighted by Gasteiger charge is -2.38. The topological polar surface area (TPSA) is 69.6 Å². The third kappa shape index (κ3) is 4.08.